The van der Waals surface area contributed by atoms with Gasteiger partial charge in [0.15, 0.2) is 9.84 Å². The quantitative estimate of drug-likeness (QED) is 0.925. The van der Waals surface area contributed by atoms with E-state index >= 15 is 0 Å². The number of hydrogen-bond acceptors (Lipinski definition) is 4. The van der Waals surface area contributed by atoms with Crippen LogP contribution >= 0.6 is 0 Å². The van der Waals surface area contributed by atoms with Gasteiger partial charge < -0.3 is 10.5 Å². The van der Waals surface area contributed by atoms with E-state index in [1.54, 1.807) is 12.1 Å². The summed E-state index contributed by atoms with van der Waals surface area (Å²) in [5.74, 6) is 0.129. The van der Waals surface area contributed by atoms with Gasteiger partial charge in [-0.1, -0.05) is 32.9 Å². The Morgan fingerprint density at radius 3 is 2.38 bits per heavy atom. The number of ether oxygens (including phenoxy) is 1. The first-order valence-corrected chi connectivity index (χ1v) is 9.02. The van der Waals surface area contributed by atoms with Crippen LogP contribution in [0.2, 0.25) is 0 Å². The van der Waals surface area contributed by atoms with E-state index in [0.717, 1.165) is 12.0 Å². The first kappa shape index (κ1) is 16.5. The minimum Gasteiger partial charge on any atom is -0.381 e. The lowest BCUT2D eigenvalue weighted by molar-refractivity contribution is 0.182. The van der Waals surface area contributed by atoms with Gasteiger partial charge in [0.05, 0.1) is 17.3 Å². The second kappa shape index (κ2) is 6.07. The number of hydrogen-bond donors (Lipinski definition) is 1. The zero-order valence-electron chi connectivity index (χ0n) is 13.0. The molecule has 0 amide bonds. The van der Waals surface area contributed by atoms with Gasteiger partial charge in [0, 0.05) is 18.6 Å². The first-order chi connectivity index (χ1) is 9.70. The van der Waals surface area contributed by atoms with E-state index in [1.807, 2.05) is 12.1 Å². The van der Waals surface area contributed by atoms with Gasteiger partial charge in [0.25, 0.3) is 0 Å². The van der Waals surface area contributed by atoms with Crippen LogP contribution in [0.5, 0.6) is 0 Å². The van der Waals surface area contributed by atoms with Crippen molar-refractivity contribution in [1.29, 1.82) is 0 Å². The predicted molar refractivity (Wildman–Crippen MR) is 84.1 cm³/mol. The molecule has 1 saturated heterocycles. The number of benzene rings is 1. The van der Waals surface area contributed by atoms with Gasteiger partial charge in [-0.2, -0.15) is 0 Å². The van der Waals surface area contributed by atoms with Crippen LogP contribution < -0.4 is 5.73 Å². The normalized spacial score (nSPS) is 21.4. The maximum Gasteiger partial charge on any atom is 0.179 e. The zero-order valence-corrected chi connectivity index (χ0v) is 13.8. The smallest absolute Gasteiger partial charge is 0.179 e. The van der Waals surface area contributed by atoms with Crippen LogP contribution in [0, 0.1) is 5.92 Å². The van der Waals surface area contributed by atoms with Crippen molar-refractivity contribution in [2.75, 3.05) is 19.0 Å². The Morgan fingerprint density at radius 1 is 1.29 bits per heavy atom. The number of rotatable bonds is 4. The predicted octanol–water partition coefficient (Wildman–Crippen LogP) is 2.12. The summed E-state index contributed by atoms with van der Waals surface area (Å²) in [5, 5.41) is 0. The molecule has 1 aromatic carbocycles. The lowest BCUT2D eigenvalue weighted by atomic mass is 9.87. The molecule has 1 aliphatic rings. The molecule has 1 fully saturated rings. The molecule has 0 aromatic heterocycles. The van der Waals surface area contributed by atoms with Crippen LogP contribution in [0.1, 0.15) is 32.8 Å². The molecule has 2 atom stereocenters. The topological polar surface area (TPSA) is 69.4 Å². The van der Waals surface area contributed by atoms with Crippen molar-refractivity contribution in [3.05, 3.63) is 29.8 Å². The van der Waals surface area contributed by atoms with Gasteiger partial charge in [0.1, 0.15) is 0 Å². The Hall–Kier alpha value is -0.910. The van der Waals surface area contributed by atoms with E-state index in [2.05, 4.69) is 20.8 Å². The van der Waals surface area contributed by atoms with Crippen molar-refractivity contribution in [1.82, 2.24) is 0 Å². The molecule has 4 nitrogen and oxygen atoms in total. The summed E-state index contributed by atoms with van der Waals surface area (Å²) < 4.78 is 30.2. The van der Waals surface area contributed by atoms with E-state index in [-0.39, 0.29) is 23.1 Å². The summed E-state index contributed by atoms with van der Waals surface area (Å²) in [6.07, 6.45) is 0.847. The molecule has 2 N–H and O–H groups in total. The molecular weight excluding hydrogens is 286 g/mol. The van der Waals surface area contributed by atoms with Crippen molar-refractivity contribution < 1.29 is 13.2 Å². The van der Waals surface area contributed by atoms with Gasteiger partial charge in [-0.05, 0) is 29.5 Å². The minimum absolute atomic E-state index is 0.0138. The monoisotopic (exact) mass is 311 g/mol. The average molecular weight is 311 g/mol. The Morgan fingerprint density at radius 2 is 1.90 bits per heavy atom. The van der Waals surface area contributed by atoms with Crippen molar-refractivity contribution >= 4 is 9.84 Å². The molecule has 0 aliphatic carbocycles. The summed E-state index contributed by atoms with van der Waals surface area (Å²) in [6, 6.07) is 6.79. The summed E-state index contributed by atoms with van der Waals surface area (Å²) >= 11 is 0. The first-order valence-electron chi connectivity index (χ1n) is 7.37. The molecular formula is C16H25NO3S. The Bertz CT molecular complexity index is 567. The van der Waals surface area contributed by atoms with Crippen molar-refractivity contribution in [2.24, 2.45) is 11.7 Å². The van der Waals surface area contributed by atoms with E-state index in [9.17, 15) is 8.42 Å². The summed E-state index contributed by atoms with van der Waals surface area (Å²) in [7, 11) is -3.34. The summed E-state index contributed by atoms with van der Waals surface area (Å²) in [5.41, 5.74) is 7.18. The molecule has 5 heteroatoms. The second-order valence-corrected chi connectivity index (χ2v) is 8.88. The van der Waals surface area contributed by atoms with Crippen LogP contribution in [-0.4, -0.2) is 33.4 Å². The van der Waals surface area contributed by atoms with E-state index in [4.69, 9.17) is 10.5 Å². The Kier molecular flexibility index (Phi) is 4.76. The third-order valence-electron chi connectivity index (χ3n) is 4.06. The van der Waals surface area contributed by atoms with Crippen molar-refractivity contribution in [2.45, 2.75) is 43.5 Å². The van der Waals surface area contributed by atoms with Crippen LogP contribution in [0.4, 0.5) is 0 Å². The van der Waals surface area contributed by atoms with E-state index in [0.29, 0.717) is 18.1 Å². The Labute approximate surface area is 127 Å². The highest BCUT2D eigenvalue weighted by Gasteiger charge is 2.28. The molecule has 0 bridgehead atoms. The highest BCUT2D eigenvalue weighted by Crippen LogP contribution is 2.25. The van der Waals surface area contributed by atoms with Gasteiger partial charge in [-0.15, -0.1) is 0 Å². The fourth-order valence-corrected chi connectivity index (χ4v) is 4.06. The second-order valence-electron chi connectivity index (χ2n) is 6.84. The fourth-order valence-electron chi connectivity index (χ4n) is 2.54. The molecule has 0 saturated carbocycles. The minimum atomic E-state index is -3.34. The Balaban J connectivity index is 2.12. The van der Waals surface area contributed by atoms with E-state index in [1.165, 1.54) is 0 Å². The fraction of sp³-hybridized carbons (Fsp3) is 0.625. The lowest BCUT2D eigenvalue weighted by Gasteiger charge is -2.20. The molecule has 0 spiro atoms. The maximum atomic E-state index is 12.4. The molecule has 118 valence electrons. The van der Waals surface area contributed by atoms with Crippen molar-refractivity contribution in [3.63, 3.8) is 0 Å². The molecule has 1 heterocycles. The largest absolute Gasteiger partial charge is 0.381 e. The van der Waals surface area contributed by atoms with Crippen LogP contribution in [0.15, 0.2) is 29.2 Å². The third kappa shape index (κ3) is 4.05. The van der Waals surface area contributed by atoms with E-state index < -0.39 is 9.84 Å². The molecule has 1 aromatic rings. The highest BCUT2D eigenvalue weighted by molar-refractivity contribution is 7.91. The standard InChI is InChI=1S/C16H25NO3S/c1-16(2,3)13-4-6-14(7-5-13)21(18,19)11-15(17)12-8-9-20-10-12/h4-7,12,15H,8-11,17H2,1-3H3. The van der Waals surface area contributed by atoms with Gasteiger partial charge in [0.2, 0.25) is 0 Å². The summed E-state index contributed by atoms with van der Waals surface area (Å²) in [6.45, 7) is 7.56. The number of sulfone groups is 1. The molecule has 21 heavy (non-hydrogen) atoms. The van der Waals surface area contributed by atoms with Crippen LogP contribution in [0.3, 0.4) is 0 Å². The van der Waals surface area contributed by atoms with Crippen LogP contribution in [-0.2, 0) is 20.0 Å². The SMILES string of the molecule is CC(C)(C)c1ccc(S(=O)(=O)CC(N)C2CCOC2)cc1. The van der Waals surface area contributed by atoms with Crippen LogP contribution in [0.25, 0.3) is 0 Å². The third-order valence-corrected chi connectivity index (χ3v) is 5.88. The zero-order chi connectivity index (χ0) is 15.7. The molecule has 2 unspecified atom stereocenters. The average Bonchev–Trinajstić information content (AvgIpc) is 2.91. The van der Waals surface area contributed by atoms with Gasteiger partial charge in [-0.25, -0.2) is 8.42 Å². The maximum absolute atomic E-state index is 12.4. The highest BCUT2D eigenvalue weighted by atomic mass is 32.2. The molecule has 0 radical (unpaired) electrons. The van der Waals surface area contributed by atoms with Gasteiger partial charge in [-0.3, -0.25) is 0 Å². The molecule has 1 aliphatic heterocycles. The summed E-state index contributed by atoms with van der Waals surface area (Å²) in [4.78, 5) is 0.352. The number of nitrogens with two attached hydrogens (primary N) is 1. The molecule has 2 rings (SSSR count). The van der Waals surface area contributed by atoms with Gasteiger partial charge >= 0.3 is 0 Å². The lowest BCUT2D eigenvalue weighted by Crippen LogP contribution is -2.37. The van der Waals surface area contributed by atoms with Crippen molar-refractivity contribution in [3.8, 4) is 0 Å².